The first-order valence-electron chi connectivity index (χ1n) is 10.5. The number of amides is 2. The van der Waals surface area contributed by atoms with Crippen LogP contribution < -0.4 is 10.1 Å². The van der Waals surface area contributed by atoms with Crippen LogP contribution in [-0.2, 0) is 14.8 Å². The molecule has 1 saturated heterocycles. The van der Waals surface area contributed by atoms with Crippen molar-refractivity contribution in [1.82, 2.24) is 9.21 Å². The smallest absolute Gasteiger partial charge is 0.281 e. The molecule has 0 atom stereocenters. The third-order valence-corrected chi connectivity index (χ3v) is 8.00. The van der Waals surface area contributed by atoms with E-state index in [-0.39, 0.29) is 40.4 Å². The minimum Gasteiger partial charge on any atom is -0.455 e. The van der Waals surface area contributed by atoms with Gasteiger partial charge >= 0.3 is 0 Å². The lowest BCUT2D eigenvalue weighted by atomic mass is 10.2. The maximum absolute atomic E-state index is 13.2. The Kier molecular flexibility index (Phi) is 8.33. The van der Waals surface area contributed by atoms with Crippen LogP contribution in [0, 0.1) is 5.82 Å². The largest absolute Gasteiger partial charge is 0.455 e. The molecule has 178 valence electrons. The zero-order chi connectivity index (χ0) is 24.0. The van der Waals surface area contributed by atoms with Gasteiger partial charge in [0.15, 0.2) is 5.75 Å². The Bertz CT molecular complexity index is 1110. The Hall–Kier alpha value is -2.63. The number of hydrogen-bond donors (Lipinski definition) is 1. The Morgan fingerprint density at radius 3 is 2.48 bits per heavy atom. The predicted octanol–water partition coefficient (Wildman–Crippen LogP) is 4.15. The number of hydrogen-bond acceptors (Lipinski definition) is 6. The van der Waals surface area contributed by atoms with E-state index in [1.165, 1.54) is 58.5 Å². The maximum Gasteiger partial charge on any atom is 0.281 e. The molecule has 0 spiro atoms. The molecule has 0 aliphatic carbocycles. The van der Waals surface area contributed by atoms with Gasteiger partial charge in [-0.2, -0.15) is 4.31 Å². The number of nitrogens with one attached hydrogen (secondary N) is 1. The second-order valence-corrected chi connectivity index (χ2v) is 10.2. The van der Waals surface area contributed by atoms with Crippen LogP contribution >= 0.6 is 11.8 Å². The zero-order valence-electron chi connectivity index (χ0n) is 18.4. The number of anilines is 1. The normalized spacial score (nSPS) is 14.1. The Morgan fingerprint density at radius 2 is 1.88 bits per heavy atom. The molecule has 2 amide bonds. The van der Waals surface area contributed by atoms with Gasteiger partial charge in [0.1, 0.15) is 11.6 Å². The summed E-state index contributed by atoms with van der Waals surface area (Å²) in [4.78, 5) is 26.0. The van der Waals surface area contributed by atoms with E-state index in [1.54, 1.807) is 18.7 Å². The van der Waals surface area contributed by atoms with Crippen molar-refractivity contribution in [2.45, 2.75) is 25.2 Å². The van der Waals surface area contributed by atoms with Crippen molar-refractivity contribution in [2.75, 3.05) is 37.2 Å². The predicted molar refractivity (Wildman–Crippen MR) is 126 cm³/mol. The summed E-state index contributed by atoms with van der Waals surface area (Å²) in [5.41, 5.74) is 0.166. The zero-order valence-corrected chi connectivity index (χ0v) is 20.0. The molecule has 8 nitrogen and oxygen atoms in total. The first-order chi connectivity index (χ1) is 15.7. The molecule has 1 aliphatic heterocycles. The molecule has 1 N–H and O–H groups in total. The van der Waals surface area contributed by atoms with Crippen molar-refractivity contribution in [3.8, 4) is 11.5 Å². The lowest BCUT2D eigenvalue weighted by Gasteiger charge is -2.20. The summed E-state index contributed by atoms with van der Waals surface area (Å²) in [6, 6.07) is 9.53. The first-order valence-corrected chi connectivity index (χ1v) is 13.0. The number of carbonyl (C=O) groups excluding carboxylic acids is 2. The first kappa shape index (κ1) is 25.0. The van der Waals surface area contributed by atoms with Gasteiger partial charge < -0.3 is 15.0 Å². The molecular weight excluding hydrogens is 469 g/mol. The summed E-state index contributed by atoms with van der Waals surface area (Å²) in [7, 11) is -3.77. The van der Waals surface area contributed by atoms with Crippen molar-refractivity contribution in [3.63, 3.8) is 0 Å². The fourth-order valence-corrected chi connectivity index (χ4v) is 5.61. The van der Waals surface area contributed by atoms with Crippen LogP contribution in [0.15, 0.2) is 47.4 Å². The van der Waals surface area contributed by atoms with Crippen LogP contribution in [0.1, 0.15) is 20.3 Å². The summed E-state index contributed by atoms with van der Waals surface area (Å²) in [5.74, 6) is 0.417. The highest BCUT2D eigenvalue weighted by atomic mass is 32.2. The number of nitrogens with zero attached hydrogens (tertiary/aromatic N) is 2. The second kappa shape index (κ2) is 11.0. The molecule has 0 unspecified atom stereocenters. The fraction of sp³-hybridized carbons (Fsp3) is 0.364. The summed E-state index contributed by atoms with van der Waals surface area (Å²) in [6.07, 6.45) is 0.0509. The quantitative estimate of drug-likeness (QED) is 0.532. The number of sulfonamides is 1. The summed E-state index contributed by atoms with van der Waals surface area (Å²) < 4.78 is 46.2. The van der Waals surface area contributed by atoms with E-state index in [0.717, 1.165) is 0 Å². The molecule has 2 aromatic rings. The highest BCUT2D eigenvalue weighted by Crippen LogP contribution is 2.33. The highest BCUT2D eigenvalue weighted by Gasteiger charge is 2.24. The van der Waals surface area contributed by atoms with Crippen molar-refractivity contribution < 1.29 is 27.1 Å². The SMILES string of the molecule is CCN(CC)S(=O)(=O)c1ccc(Oc2ccc(F)cc2)c(NC(=O)CCN2CCSC2=O)c1. The van der Waals surface area contributed by atoms with E-state index in [4.69, 9.17) is 4.74 Å². The average Bonchev–Trinajstić information content (AvgIpc) is 3.20. The van der Waals surface area contributed by atoms with Crippen LogP contribution in [0.3, 0.4) is 0 Å². The molecule has 3 rings (SSSR count). The van der Waals surface area contributed by atoms with Gasteiger partial charge in [-0.3, -0.25) is 9.59 Å². The van der Waals surface area contributed by atoms with Crippen LogP contribution in [0.4, 0.5) is 14.9 Å². The molecule has 1 aliphatic rings. The summed E-state index contributed by atoms with van der Waals surface area (Å²) in [5, 5.41) is 2.64. The average molecular weight is 496 g/mol. The maximum atomic E-state index is 13.2. The molecule has 1 heterocycles. The monoisotopic (exact) mass is 495 g/mol. The van der Waals surface area contributed by atoms with Crippen LogP contribution in [0.2, 0.25) is 0 Å². The lowest BCUT2D eigenvalue weighted by Crippen LogP contribution is -2.30. The second-order valence-electron chi connectivity index (χ2n) is 7.20. The van der Waals surface area contributed by atoms with Gasteiger partial charge in [-0.25, -0.2) is 12.8 Å². The molecule has 11 heteroatoms. The Balaban J connectivity index is 1.86. The van der Waals surface area contributed by atoms with E-state index in [9.17, 15) is 22.4 Å². The number of halogens is 1. The number of thioether (sulfide) groups is 1. The third kappa shape index (κ3) is 6.24. The van der Waals surface area contributed by atoms with Crippen molar-refractivity contribution >= 4 is 38.6 Å². The van der Waals surface area contributed by atoms with E-state index >= 15 is 0 Å². The van der Waals surface area contributed by atoms with Gasteiger partial charge in [0.2, 0.25) is 15.9 Å². The molecular formula is C22H26FN3O5S2. The van der Waals surface area contributed by atoms with E-state index in [0.29, 0.717) is 31.1 Å². The van der Waals surface area contributed by atoms with Gasteiger partial charge in [0, 0.05) is 38.4 Å². The van der Waals surface area contributed by atoms with Gasteiger partial charge in [-0.15, -0.1) is 0 Å². The molecule has 1 fully saturated rings. The summed E-state index contributed by atoms with van der Waals surface area (Å²) in [6.45, 7) is 4.95. The topological polar surface area (TPSA) is 96.0 Å². The van der Waals surface area contributed by atoms with Crippen LogP contribution in [0.25, 0.3) is 0 Å². The number of carbonyl (C=O) groups is 2. The molecule has 0 aromatic heterocycles. The van der Waals surface area contributed by atoms with Crippen molar-refractivity contribution in [3.05, 3.63) is 48.3 Å². The molecule has 0 bridgehead atoms. The van der Waals surface area contributed by atoms with Crippen LogP contribution in [0.5, 0.6) is 11.5 Å². The third-order valence-electron chi connectivity index (χ3n) is 5.06. The van der Waals surface area contributed by atoms with Gasteiger partial charge in [0.25, 0.3) is 5.24 Å². The van der Waals surface area contributed by atoms with Gasteiger partial charge in [0.05, 0.1) is 10.6 Å². The molecule has 2 aromatic carbocycles. The Labute approximate surface area is 197 Å². The minimum atomic E-state index is -3.77. The molecule has 0 saturated carbocycles. The minimum absolute atomic E-state index is 0.0130. The fourth-order valence-electron chi connectivity index (χ4n) is 3.28. The van der Waals surface area contributed by atoms with Crippen molar-refractivity contribution in [2.24, 2.45) is 0 Å². The molecule has 33 heavy (non-hydrogen) atoms. The Morgan fingerprint density at radius 1 is 1.18 bits per heavy atom. The number of ether oxygens (including phenoxy) is 1. The molecule has 0 radical (unpaired) electrons. The summed E-state index contributed by atoms with van der Waals surface area (Å²) >= 11 is 1.21. The van der Waals surface area contributed by atoms with E-state index < -0.39 is 15.8 Å². The standard InChI is InChI=1S/C22H26FN3O5S2/c1-3-26(4-2)33(29,30)18-9-10-20(31-17-7-5-16(23)6-8-17)19(15-18)24-21(27)11-12-25-13-14-32-22(25)28/h5-10,15H,3-4,11-14H2,1-2H3,(H,24,27). The van der Waals surface area contributed by atoms with Gasteiger partial charge in [-0.05, 0) is 42.5 Å². The van der Waals surface area contributed by atoms with E-state index in [2.05, 4.69) is 5.32 Å². The lowest BCUT2D eigenvalue weighted by molar-refractivity contribution is -0.116. The van der Waals surface area contributed by atoms with Crippen LogP contribution in [-0.4, -0.2) is 60.7 Å². The van der Waals surface area contributed by atoms with Crippen molar-refractivity contribution in [1.29, 1.82) is 0 Å². The van der Waals surface area contributed by atoms with E-state index in [1.807, 2.05) is 0 Å². The number of rotatable bonds is 10. The van der Waals surface area contributed by atoms with Gasteiger partial charge in [-0.1, -0.05) is 25.6 Å². The highest BCUT2D eigenvalue weighted by molar-refractivity contribution is 8.13. The number of benzene rings is 2.